The van der Waals surface area contributed by atoms with E-state index >= 15 is 0 Å². The summed E-state index contributed by atoms with van der Waals surface area (Å²) in [6.45, 7) is 0.539. The topological polar surface area (TPSA) is 58.5 Å². The Labute approximate surface area is 133 Å². The highest BCUT2D eigenvalue weighted by atomic mass is 19.1. The summed E-state index contributed by atoms with van der Waals surface area (Å²) in [5.41, 5.74) is 0.997. The molecule has 0 spiro atoms. The molecule has 0 saturated heterocycles. The van der Waals surface area contributed by atoms with Crippen molar-refractivity contribution in [3.8, 4) is 5.88 Å². The van der Waals surface area contributed by atoms with E-state index in [0.717, 1.165) is 23.9 Å². The third kappa shape index (κ3) is 4.91. The Kier molecular flexibility index (Phi) is 5.85. The lowest BCUT2D eigenvalue weighted by molar-refractivity contribution is 0.396. The second-order valence-corrected chi connectivity index (χ2v) is 4.69. The van der Waals surface area contributed by atoms with Crippen molar-refractivity contribution in [1.29, 1.82) is 0 Å². The van der Waals surface area contributed by atoms with Crippen LogP contribution in [0.25, 0.3) is 0 Å². The Balaban J connectivity index is 1.91. The molecule has 0 atom stereocenters. The molecule has 0 amide bonds. The molecule has 2 rings (SSSR count). The number of halogens is 2. The van der Waals surface area contributed by atoms with Crippen molar-refractivity contribution in [3.63, 3.8) is 0 Å². The molecule has 0 aliphatic rings. The lowest BCUT2D eigenvalue weighted by atomic mass is 10.2. The number of aliphatic imine (C=N–C) groups is 1. The van der Waals surface area contributed by atoms with E-state index in [1.54, 1.807) is 20.2 Å². The van der Waals surface area contributed by atoms with E-state index in [2.05, 4.69) is 20.6 Å². The van der Waals surface area contributed by atoms with Gasteiger partial charge in [-0.25, -0.2) is 13.8 Å². The normalized spacial score (nSPS) is 11.2. The first-order valence-corrected chi connectivity index (χ1v) is 7.00. The van der Waals surface area contributed by atoms with E-state index in [-0.39, 0.29) is 12.1 Å². The van der Waals surface area contributed by atoms with Gasteiger partial charge in [0.1, 0.15) is 11.6 Å². The van der Waals surface area contributed by atoms with Gasteiger partial charge in [0.15, 0.2) is 5.96 Å². The highest BCUT2D eigenvalue weighted by Gasteiger charge is 2.06. The lowest BCUT2D eigenvalue weighted by Gasteiger charge is -2.12. The van der Waals surface area contributed by atoms with Crippen LogP contribution in [0.3, 0.4) is 0 Å². The Bertz CT molecular complexity index is 692. The molecule has 7 heteroatoms. The van der Waals surface area contributed by atoms with E-state index < -0.39 is 11.6 Å². The van der Waals surface area contributed by atoms with Gasteiger partial charge in [-0.1, -0.05) is 6.07 Å². The average molecular weight is 320 g/mol. The highest BCUT2D eigenvalue weighted by molar-refractivity contribution is 5.79. The van der Waals surface area contributed by atoms with Crippen molar-refractivity contribution < 1.29 is 13.5 Å². The van der Waals surface area contributed by atoms with E-state index in [1.165, 1.54) is 0 Å². The zero-order chi connectivity index (χ0) is 16.7. The van der Waals surface area contributed by atoms with Crippen LogP contribution in [-0.2, 0) is 13.1 Å². The Morgan fingerprint density at radius 1 is 1.17 bits per heavy atom. The second kappa shape index (κ2) is 8.07. The number of benzene rings is 1. The van der Waals surface area contributed by atoms with Gasteiger partial charge in [-0.05, 0) is 24.3 Å². The van der Waals surface area contributed by atoms with Gasteiger partial charge in [-0.15, -0.1) is 0 Å². The van der Waals surface area contributed by atoms with Crippen molar-refractivity contribution in [2.24, 2.45) is 4.99 Å². The maximum Gasteiger partial charge on any atom is 0.213 e. The fraction of sp³-hybridized carbons (Fsp3) is 0.250. The molecule has 122 valence electrons. The minimum absolute atomic E-state index is 0.120. The summed E-state index contributed by atoms with van der Waals surface area (Å²) in [5.74, 6) is 0.0305. The number of pyridine rings is 1. The summed E-state index contributed by atoms with van der Waals surface area (Å²) >= 11 is 0. The number of nitrogens with zero attached hydrogens (tertiary/aromatic N) is 2. The first-order valence-electron chi connectivity index (χ1n) is 7.00. The summed E-state index contributed by atoms with van der Waals surface area (Å²) in [6, 6.07) is 8.77. The number of rotatable bonds is 5. The van der Waals surface area contributed by atoms with Crippen molar-refractivity contribution in [2.75, 3.05) is 14.2 Å². The molecule has 0 fully saturated rings. The van der Waals surface area contributed by atoms with Gasteiger partial charge in [0.05, 0.1) is 19.3 Å². The maximum absolute atomic E-state index is 13.6. The van der Waals surface area contributed by atoms with Crippen LogP contribution in [0.1, 0.15) is 11.3 Å². The number of ether oxygens (including phenoxy) is 1. The SMILES string of the molecule is CN=C(NCc1cccc(OC)n1)NCc1cc(F)ccc1F. The molecule has 2 N–H and O–H groups in total. The van der Waals surface area contributed by atoms with E-state index in [0.29, 0.717) is 18.4 Å². The average Bonchev–Trinajstić information content (AvgIpc) is 2.58. The van der Waals surface area contributed by atoms with Crippen LogP contribution in [-0.4, -0.2) is 25.1 Å². The van der Waals surface area contributed by atoms with E-state index in [4.69, 9.17) is 4.74 Å². The molecule has 0 unspecified atom stereocenters. The fourth-order valence-electron chi connectivity index (χ4n) is 1.92. The molecule has 2 aromatic rings. The molecule has 1 aromatic carbocycles. The quantitative estimate of drug-likeness (QED) is 0.655. The van der Waals surface area contributed by atoms with Crippen LogP contribution in [0.2, 0.25) is 0 Å². The number of hydrogen-bond acceptors (Lipinski definition) is 3. The number of nitrogens with one attached hydrogen (secondary N) is 2. The van der Waals surface area contributed by atoms with Crippen LogP contribution in [0.15, 0.2) is 41.4 Å². The summed E-state index contributed by atoms with van der Waals surface area (Å²) < 4.78 is 31.8. The molecule has 0 radical (unpaired) electrons. The smallest absolute Gasteiger partial charge is 0.213 e. The molecular formula is C16H18F2N4O. The number of hydrogen-bond donors (Lipinski definition) is 2. The molecule has 0 saturated carbocycles. The number of methoxy groups -OCH3 is 1. The van der Waals surface area contributed by atoms with Crippen LogP contribution in [0, 0.1) is 11.6 Å². The van der Waals surface area contributed by atoms with Gasteiger partial charge in [0.2, 0.25) is 5.88 Å². The minimum atomic E-state index is -0.480. The third-order valence-electron chi connectivity index (χ3n) is 3.10. The molecule has 1 aromatic heterocycles. The van der Waals surface area contributed by atoms with Gasteiger partial charge in [0.25, 0.3) is 0 Å². The van der Waals surface area contributed by atoms with E-state index in [1.807, 2.05) is 12.1 Å². The zero-order valence-electron chi connectivity index (χ0n) is 12.9. The van der Waals surface area contributed by atoms with Gasteiger partial charge in [-0.3, -0.25) is 4.99 Å². The molecule has 1 heterocycles. The number of aromatic nitrogens is 1. The summed E-state index contributed by atoms with van der Waals surface area (Å²) in [7, 11) is 3.14. The third-order valence-corrected chi connectivity index (χ3v) is 3.10. The molecule has 0 aliphatic carbocycles. The molecule has 23 heavy (non-hydrogen) atoms. The van der Waals surface area contributed by atoms with Crippen molar-refractivity contribution >= 4 is 5.96 Å². The van der Waals surface area contributed by atoms with Gasteiger partial charge < -0.3 is 15.4 Å². The Morgan fingerprint density at radius 2 is 1.96 bits per heavy atom. The van der Waals surface area contributed by atoms with Crippen molar-refractivity contribution in [1.82, 2.24) is 15.6 Å². The van der Waals surface area contributed by atoms with Crippen molar-refractivity contribution in [3.05, 3.63) is 59.3 Å². The lowest BCUT2D eigenvalue weighted by Crippen LogP contribution is -2.36. The second-order valence-electron chi connectivity index (χ2n) is 4.69. The number of guanidine groups is 1. The monoisotopic (exact) mass is 320 g/mol. The Hall–Kier alpha value is -2.70. The maximum atomic E-state index is 13.6. The van der Waals surface area contributed by atoms with Crippen LogP contribution in [0.4, 0.5) is 8.78 Å². The molecular weight excluding hydrogens is 302 g/mol. The van der Waals surface area contributed by atoms with Crippen LogP contribution < -0.4 is 15.4 Å². The first-order chi connectivity index (χ1) is 11.1. The predicted octanol–water partition coefficient (Wildman–Crippen LogP) is 2.23. The summed E-state index contributed by atoms with van der Waals surface area (Å²) in [4.78, 5) is 8.30. The first kappa shape index (κ1) is 16.7. The summed E-state index contributed by atoms with van der Waals surface area (Å²) in [5, 5.41) is 5.97. The zero-order valence-corrected chi connectivity index (χ0v) is 12.9. The van der Waals surface area contributed by atoms with Gasteiger partial charge in [-0.2, -0.15) is 0 Å². The molecule has 0 bridgehead atoms. The van der Waals surface area contributed by atoms with Crippen LogP contribution in [0.5, 0.6) is 5.88 Å². The van der Waals surface area contributed by atoms with Crippen LogP contribution >= 0.6 is 0 Å². The fourth-order valence-corrected chi connectivity index (χ4v) is 1.92. The van der Waals surface area contributed by atoms with Gasteiger partial charge in [0, 0.05) is 25.2 Å². The minimum Gasteiger partial charge on any atom is -0.481 e. The standard InChI is InChI=1S/C16H18F2N4O/c1-19-16(20-9-11-8-12(17)6-7-14(11)18)21-10-13-4-3-5-15(22-13)23-2/h3-8H,9-10H2,1-2H3,(H2,19,20,21). The predicted molar refractivity (Wildman–Crippen MR) is 84.2 cm³/mol. The van der Waals surface area contributed by atoms with Crippen molar-refractivity contribution in [2.45, 2.75) is 13.1 Å². The summed E-state index contributed by atoms with van der Waals surface area (Å²) in [6.07, 6.45) is 0. The molecule has 0 aliphatic heterocycles. The largest absolute Gasteiger partial charge is 0.481 e. The van der Waals surface area contributed by atoms with E-state index in [9.17, 15) is 8.78 Å². The molecule has 5 nitrogen and oxygen atoms in total. The Morgan fingerprint density at radius 3 is 2.70 bits per heavy atom. The van der Waals surface area contributed by atoms with Gasteiger partial charge >= 0.3 is 0 Å². The highest BCUT2D eigenvalue weighted by Crippen LogP contribution is 2.09.